The molecule has 3 heterocycles. The van der Waals surface area contributed by atoms with Gasteiger partial charge in [0.2, 0.25) is 0 Å². The fourth-order valence-corrected chi connectivity index (χ4v) is 8.85. The van der Waals surface area contributed by atoms with Crippen molar-refractivity contribution in [1.29, 1.82) is 0 Å². The Hall–Kier alpha value is -5.25. The van der Waals surface area contributed by atoms with Gasteiger partial charge < -0.3 is 9.72 Å². The van der Waals surface area contributed by atoms with Crippen LogP contribution in [-0.2, 0) is 48.5 Å². The van der Waals surface area contributed by atoms with Gasteiger partial charge in [0, 0.05) is 17.7 Å². The topological polar surface area (TPSA) is 53.5 Å². The van der Waals surface area contributed by atoms with Gasteiger partial charge in [-0.1, -0.05) is 146 Å². The second-order valence-corrected chi connectivity index (χ2v) is 19.4. The van der Waals surface area contributed by atoms with Crippen LogP contribution in [-0.4, -0.2) is 21.6 Å². The van der Waals surface area contributed by atoms with Gasteiger partial charge in [-0.25, -0.2) is 4.98 Å². The number of rotatable bonds is 4. The van der Waals surface area contributed by atoms with Gasteiger partial charge in [-0.2, -0.15) is 0 Å². The second kappa shape index (κ2) is 13.9. The molecule has 0 unspecified atom stereocenters. The summed E-state index contributed by atoms with van der Waals surface area (Å²) in [4.78, 5) is 16.1. The Balaban J connectivity index is 0.00000449. The number of imidazole rings is 1. The van der Waals surface area contributed by atoms with E-state index in [0.29, 0.717) is 5.90 Å². The first-order valence-corrected chi connectivity index (χ1v) is 20.7. The minimum absolute atomic E-state index is 0. The largest absolute Gasteiger partial charge is 2.00 e. The summed E-state index contributed by atoms with van der Waals surface area (Å²) in [6.45, 7) is 20.5. The monoisotopic (exact) mass is 953 g/mol. The van der Waals surface area contributed by atoms with E-state index in [0.717, 1.165) is 67.6 Å². The van der Waals surface area contributed by atoms with E-state index in [2.05, 4.69) is 188 Å². The van der Waals surface area contributed by atoms with Crippen LogP contribution in [0, 0.1) is 6.07 Å². The van der Waals surface area contributed by atoms with Gasteiger partial charge in [0.25, 0.3) is 0 Å². The number of hydrogen-bond donors (Lipinski definition) is 0. The van der Waals surface area contributed by atoms with E-state index in [1.54, 1.807) is 0 Å². The van der Waals surface area contributed by atoms with Crippen molar-refractivity contribution in [3.63, 3.8) is 0 Å². The molecule has 1 aliphatic heterocycles. The van der Waals surface area contributed by atoms with Crippen LogP contribution in [0.2, 0.25) is 0 Å². The van der Waals surface area contributed by atoms with Crippen LogP contribution in [0.5, 0.6) is 0 Å². The van der Waals surface area contributed by atoms with Gasteiger partial charge in [0.15, 0.2) is 0 Å². The van der Waals surface area contributed by atoms with Crippen molar-refractivity contribution in [2.24, 2.45) is 4.99 Å². The Morgan fingerprint density at radius 2 is 1.34 bits per heavy atom. The molecule has 0 saturated heterocycles. The molecule has 6 aromatic carbocycles. The van der Waals surface area contributed by atoms with Crippen LogP contribution in [0.4, 0.5) is 0 Å². The standard InChI is InChI=1S/C53H50N4O.Pt/c1-51(2,3)34-20-23-37(24-21-34)57-44-19-13-18-38(31-15-12-16-33(26-31)50-56-48-39-17-11-10-14-32(39)27-45(48)58-50)47(44)55-49(57)42-30-36(53(7,8)9)29-41-40-28-35(52(4,5)6)22-25-43(40)54-46(41)42;/h10-25,28-30,45,48H,27H2,1-9H3;/q-2;+2/t45-,48+;/m1./s1. The van der Waals surface area contributed by atoms with Crippen molar-refractivity contribution >= 4 is 38.7 Å². The van der Waals surface area contributed by atoms with E-state index in [1.165, 1.54) is 33.2 Å². The van der Waals surface area contributed by atoms with Gasteiger partial charge >= 0.3 is 21.1 Å². The summed E-state index contributed by atoms with van der Waals surface area (Å²) in [6, 6.07) is 45.5. The summed E-state index contributed by atoms with van der Waals surface area (Å²) in [5, 5.41) is 2.35. The zero-order chi connectivity index (χ0) is 40.3. The Bertz CT molecular complexity index is 2960. The number of benzene rings is 6. The molecule has 0 fully saturated rings. The van der Waals surface area contributed by atoms with Crippen LogP contribution >= 0.6 is 0 Å². The average Bonchev–Trinajstić information content (AvgIpc) is 3.96. The molecule has 0 radical (unpaired) electrons. The molecule has 0 bridgehead atoms. The molecule has 5 nitrogen and oxygen atoms in total. The fourth-order valence-electron chi connectivity index (χ4n) is 8.85. The second-order valence-electron chi connectivity index (χ2n) is 19.4. The molecular formula is C53H50N4OPt. The van der Waals surface area contributed by atoms with E-state index < -0.39 is 0 Å². The minimum atomic E-state index is -0.106. The summed E-state index contributed by atoms with van der Waals surface area (Å²) in [5.41, 5.74) is 15.2. The maximum atomic E-state index is 6.53. The average molecular weight is 954 g/mol. The van der Waals surface area contributed by atoms with Gasteiger partial charge in [0.1, 0.15) is 23.9 Å². The van der Waals surface area contributed by atoms with Crippen LogP contribution in [0.3, 0.4) is 0 Å². The molecule has 1 aliphatic carbocycles. The maximum Gasteiger partial charge on any atom is 2.00 e. The van der Waals surface area contributed by atoms with E-state index in [-0.39, 0.29) is 49.5 Å². The smallest absolute Gasteiger partial charge is 0.656 e. The van der Waals surface area contributed by atoms with E-state index in [4.69, 9.17) is 19.7 Å². The van der Waals surface area contributed by atoms with Crippen molar-refractivity contribution in [3.8, 4) is 28.2 Å². The third-order valence-electron chi connectivity index (χ3n) is 12.3. The Morgan fingerprint density at radius 3 is 2.08 bits per heavy atom. The molecule has 2 atom stereocenters. The van der Waals surface area contributed by atoms with Crippen molar-refractivity contribution in [2.45, 2.75) is 97.1 Å². The molecule has 59 heavy (non-hydrogen) atoms. The molecule has 0 N–H and O–H groups in total. The maximum absolute atomic E-state index is 6.53. The molecular weight excluding hydrogens is 904 g/mol. The summed E-state index contributed by atoms with van der Waals surface area (Å²) in [5.74, 6) is 1.53. The number of aromatic nitrogens is 3. The van der Waals surface area contributed by atoms with Crippen LogP contribution < -0.4 is 4.98 Å². The first-order chi connectivity index (χ1) is 27.6. The zero-order valence-corrected chi connectivity index (χ0v) is 37.6. The first kappa shape index (κ1) is 39.2. The van der Waals surface area contributed by atoms with Crippen LogP contribution in [0.25, 0.3) is 61.0 Å². The number of hydrogen-bond acceptors (Lipinski definition) is 3. The Kier molecular flexibility index (Phi) is 9.25. The van der Waals surface area contributed by atoms with Gasteiger partial charge in [-0.15, -0.1) is 40.9 Å². The molecule has 6 heteroatoms. The molecule has 10 rings (SSSR count). The van der Waals surface area contributed by atoms with E-state index >= 15 is 0 Å². The molecule has 2 aliphatic rings. The Morgan fingerprint density at radius 1 is 0.661 bits per heavy atom. The van der Waals surface area contributed by atoms with Crippen molar-refractivity contribution < 1.29 is 25.8 Å². The zero-order valence-electron chi connectivity index (χ0n) is 35.3. The summed E-state index contributed by atoms with van der Waals surface area (Å²) in [7, 11) is 0. The molecule has 0 saturated carbocycles. The quantitative estimate of drug-likeness (QED) is 0.165. The van der Waals surface area contributed by atoms with Crippen LogP contribution in [0.1, 0.15) is 102 Å². The predicted octanol–water partition coefficient (Wildman–Crippen LogP) is 12.8. The number of fused-ring (bicyclic) bond motifs is 7. The molecule has 0 spiro atoms. The number of nitrogens with zero attached hydrogens (tertiary/aromatic N) is 4. The molecule has 0 amide bonds. The summed E-state index contributed by atoms with van der Waals surface area (Å²) in [6.07, 6.45) is 0.900. The number of para-hydroxylation sites is 1. The van der Waals surface area contributed by atoms with Gasteiger partial charge in [-0.3, -0.25) is 9.56 Å². The summed E-state index contributed by atoms with van der Waals surface area (Å²) >= 11 is 0. The first-order valence-electron chi connectivity index (χ1n) is 20.7. The number of aliphatic imine (C=N–C) groups is 1. The van der Waals surface area contributed by atoms with Crippen molar-refractivity contribution in [1.82, 2.24) is 14.5 Å². The SMILES string of the molecule is CC(C)(C)c1ccc(-n2c(-c3cc(C(C)(C)C)cc4c3[n-]c3ccc(C(C)(C)C)cc34)nc3c(-c4[c-]c(C5=N[C@H]6c7ccccc7C[C@H]6O5)ccc4)cccc32)cc1.[Pt+2]. The third kappa shape index (κ3) is 6.67. The number of ether oxygens (including phenoxy) is 1. The molecule has 2 aromatic heterocycles. The Labute approximate surface area is 362 Å². The van der Waals surface area contributed by atoms with E-state index in [1.807, 2.05) is 0 Å². The minimum Gasteiger partial charge on any atom is -0.656 e. The third-order valence-corrected chi connectivity index (χ3v) is 12.3. The van der Waals surface area contributed by atoms with Crippen molar-refractivity contribution in [2.75, 3.05) is 0 Å². The predicted molar refractivity (Wildman–Crippen MR) is 240 cm³/mol. The van der Waals surface area contributed by atoms with E-state index in [9.17, 15) is 0 Å². The fraction of sp³-hybridized carbons (Fsp3) is 0.283. The van der Waals surface area contributed by atoms with Gasteiger partial charge in [0.05, 0.1) is 11.0 Å². The molecule has 8 aromatic rings. The van der Waals surface area contributed by atoms with Crippen molar-refractivity contribution in [3.05, 3.63) is 155 Å². The van der Waals surface area contributed by atoms with Crippen LogP contribution in [0.15, 0.2) is 120 Å². The van der Waals surface area contributed by atoms with Gasteiger partial charge in [-0.05, 0) is 79.1 Å². The summed E-state index contributed by atoms with van der Waals surface area (Å²) < 4.78 is 8.86. The molecule has 298 valence electrons. The normalized spacial score (nSPS) is 16.6.